The van der Waals surface area contributed by atoms with E-state index in [2.05, 4.69) is 27.0 Å². The summed E-state index contributed by atoms with van der Waals surface area (Å²) in [4.78, 5) is 0. The van der Waals surface area contributed by atoms with Gasteiger partial charge in [-0.05, 0) is 45.3 Å². The molecule has 1 aliphatic heterocycles. The first-order valence-corrected chi connectivity index (χ1v) is 9.71. The molecule has 0 bridgehead atoms. The van der Waals surface area contributed by atoms with Crippen LogP contribution in [0.25, 0.3) is 0 Å². The van der Waals surface area contributed by atoms with Gasteiger partial charge in [-0.3, -0.25) is 0 Å². The minimum absolute atomic E-state index is 0.355. The van der Waals surface area contributed by atoms with E-state index >= 15 is 0 Å². The highest BCUT2D eigenvalue weighted by Crippen LogP contribution is 2.31. The van der Waals surface area contributed by atoms with Gasteiger partial charge in [-0.1, -0.05) is 25.5 Å². The first kappa shape index (κ1) is 14.9. The summed E-state index contributed by atoms with van der Waals surface area (Å²) in [6, 6.07) is 2.44. The van der Waals surface area contributed by atoms with Crippen molar-refractivity contribution >= 4 is 8.32 Å². The standard InChI is InChI=1S/C14H28O2Si/c1-6-14(15-10-12(2)3)11-17(5)9-7-8-13(4)16-17/h13-14H,2,6-11H2,1,3-5H3. The molecule has 1 saturated heterocycles. The van der Waals surface area contributed by atoms with E-state index in [0.29, 0.717) is 18.8 Å². The second-order valence-corrected chi connectivity index (χ2v) is 9.82. The van der Waals surface area contributed by atoms with Crippen molar-refractivity contribution in [2.45, 2.75) is 70.9 Å². The van der Waals surface area contributed by atoms with Crippen LogP contribution in [0.3, 0.4) is 0 Å². The lowest BCUT2D eigenvalue weighted by molar-refractivity contribution is 0.0720. The van der Waals surface area contributed by atoms with Crippen LogP contribution in [0.4, 0.5) is 0 Å². The van der Waals surface area contributed by atoms with Crippen LogP contribution in [-0.4, -0.2) is 27.1 Å². The Morgan fingerprint density at radius 1 is 1.59 bits per heavy atom. The van der Waals surface area contributed by atoms with Crippen LogP contribution in [0.5, 0.6) is 0 Å². The Hall–Kier alpha value is -0.123. The molecule has 3 unspecified atom stereocenters. The maximum Gasteiger partial charge on any atom is 0.192 e. The van der Waals surface area contributed by atoms with E-state index in [0.717, 1.165) is 18.0 Å². The Kier molecular flexibility index (Phi) is 5.90. The van der Waals surface area contributed by atoms with Gasteiger partial charge in [-0.2, -0.15) is 0 Å². The maximum absolute atomic E-state index is 6.25. The molecule has 1 heterocycles. The van der Waals surface area contributed by atoms with E-state index < -0.39 is 8.32 Å². The Morgan fingerprint density at radius 3 is 2.82 bits per heavy atom. The van der Waals surface area contributed by atoms with E-state index in [1.165, 1.54) is 18.9 Å². The first-order valence-electron chi connectivity index (χ1n) is 6.89. The molecule has 3 atom stereocenters. The van der Waals surface area contributed by atoms with Gasteiger partial charge in [0.1, 0.15) is 0 Å². The summed E-state index contributed by atoms with van der Waals surface area (Å²) in [6.45, 7) is 13.4. The van der Waals surface area contributed by atoms with Crippen molar-refractivity contribution in [1.29, 1.82) is 0 Å². The molecule has 0 aromatic carbocycles. The average molecular weight is 256 g/mol. The molecule has 0 saturated carbocycles. The molecular weight excluding hydrogens is 228 g/mol. The van der Waals surface area contributed by atoms with Crippen molar-refractivity contribution in [3.05, 3.63) is 12.2 Å². The molecule has 1 rings (SSSR count). The van der Waals surface area contributed by atoms with Crippen LogP contribution in [-0.2, 0) is 9.16 Å². The van der Waals surface area contributed by atoms with Crippen molar-refractivity contribution in [2.75, 3.05) is 6.61 Å². The van der Waals surface area contributed by atoms with Crippen molar-refractivity contribution in [3.8, 4) is 0 Å². The molecule has 100 valence electrons. The zero-order valence-corrected chi connectivity index (χ0v) is 12.9. The largest absolute Gasteiger partial charge is 0.414 e. The topological polar surface area (TPSA) is 18.5 Å². The zero-order valence-electron chi connectivity index (χ0n) is 11.9. The molecule has 1 aliphatic rings. The quantitative estimate of drug-likeness (QED) is 0.525. The predicted octanol–water partition coefficient (Wildman–Crippen LogP) is 4.13. The molecule has 0 amide bonds. The minimum atomic E-state index is -1.51. The fourth-order valence-electron chi connectivity index (χ4n) is 2.58. The molecule has 0 aliphatic carbocycles. The third-order valence-corrected chi connectivity index (χ3v) is 7.18. The SMILES string of the molecule is C=C(C)COC(CC)C[Si]1(C)CCCC(C)O1. The van der Waals surface area contributed by atoms with Crippen LogP contribution in [0.1, 0.15) is 40.0 Å². The average Bonchev–Trinajstić information content (AvgIpc) is 2.23. The molecule has 0 aromatic rings. The highest BCUT2D eigenvalue weighted by molar-refractivity contribution is 6.72. The van der Waals surface area contributed by atoms with Crippen LogP contribution < -0.4 is 0 Å². The van der Waals surface area contributed by atoms with Gasteiger partial charge < -0.3 is 9.16 Å². The number of hydrogen-bond acceptors (Lipinski definition) is 2. The molecule has 0 radical (unpaired) electrons. The van der Waals surface area contributed by atoms with Gasteiger partial charge in [-0.25, -0.2) is 0 Å². The lowest BCUT2D eigenvalue weighted by atomic mass is 10.2. The summed E-state index contributed by atoms with van der Waals surface area (Å²) < 4.78 is 12.2. The number of rotatable bonds is 6. The maximum atomic E-state index is 6.25. The summed E-state index contributed by atoms with van der Waals surface area (Å²) in [7, 11) is -1.51. The normalized spacial score (nSPS) is 31.2. The monoisotopic (exact) mass is 256 g/mol. The molecule has 1 fully saturated rings. The highest BCUT2D eigenvalue weighted by Gasteiger charge is 2.36. The zero-order chi connectivity index (χ0) is 12.9. The molecule has 0 N–H and O–H groups in total. The van der Waals surface area contributed by atoms with Crippen LogP contribution in [0.15, 0.2) is 12.2 Å². The van der Waals surface area contributed by atoms with Gasteiger partial charge in [0.05, 0.1) is 12.7 Å². The summed E-state index contributed by atoms with van der Waals surface area (Å²) in [6.07, 6.45) is 4.45. The third-order valence-electron chi connectivity index (χ3n) is 3.48. The van der Waals surface area contributed by atoms with E-state index in [1.807, 2.05) is 6.92 Å². The van der Waals surface area contributed by atoms with Gasteiger partial charge in [-0.15, -0.1) is 0 Å². The summed E-state index contributed by atoms with van der Waals surface area (Å²) >= 11 is 0. The predicted molar refractivity (Wildman–Crippen MR) is 75.9 cm³/mol. The van der Waals surface area contributed by atoms with Gasteiger partial charge in [0.15, 0.2) is 8.32 Å². The minimum Gasteiger partial charge on any atom is -0.414 e. The molecule has 2 nitrogen and oxygen atoms in total. The fraction of sp³-hybridized carbons (Fsp3) is 0.857. The molecule has 0 aromatic heterocycles. The van der Waals surface area contributed by atoms with Crippen LogP contribution in [0.2, 0.25) is 18.6 Å². The molecular formula is C14H28O2Si. The smallest absolute Gasteiger partial charge is 0.192 e. The summed E-state index contributed by atoms with van der Waals surface area (Å²) in [5, 5.41) is 0. The van der Waals surface area contributed by atoms with Gasteiger partial charge in [0.2, 0.25) is 0 Å². The van der Waals surface area contributed by atoms with E-state index in [1.54, 1.807) is 0 Å². The van der Waals surface area contributed by atoms with Crippen molar-refractivity contribution in [3.63, 3.8) is 0 Å². The second-order valence-electron chi connectivity index (χ2n) is 5.77. The molecule has 3 heteroatoms. The van der Waals surface area contributed by atoms with E-state index in [-0.39, 0.29) is 0 Å². The Labute approximate surface area is 108 Å². The summed E-state index contributed by atoms with van der Waals surface area (Å²) in [5.74, 6) is 0. The molecule has 17 heavy (non-hydrogen) atoms. The Balaban J connectivity index is 2.45. The van der Waals surface area contributed by atoms with E-state index in [9.17, 15) is 0 Å². The Bertz CT molecular complexity index is 255. The lowest BCUT2D eigenvalue weighted by Crippen LogP contribution is -2.44. The van der Waals surface area contributed by atoms with Crippen molar-refractivity contribution < 1.29 is 9.16 Å². The number of ether oxygens (including phenoxy) is 1. The summed E-state index contributed by atoms with van der Waals surface area (Å²) in [5.41, 5.74) is 1.10. The van der Waals surface area contributed by atoms with Gasteiger partial charge in [0, 0.05) is 6.10 Å². The van der Waals surface area contributed by atoms with E-state index in [4.69, 9.17) is 9.16 Å². The second kappa shape index (κ2) is 6.71. The van der Waals surface area contributed by atoms with Crippen LogP contribution in [0, 0.1) is 0 Å². The van der Waals surface area contributed by atoms with Gasteiger partial charge >= 0.3 is 0 Å². The third kappa shape index (κ3) is 5.36. The molecule has 0 spiro atoms. The van der Waals surface area contributed by atoms with Crippen LogP contribution >= 0.6 is 0 Å². The van der Waals surface area contributed by atoms with Crippen molar-refractivity contribution in [1.82, 2.24) is 0 Å². The highest BCUT2D eigenvalue weighted by atomic mass is 28.4. The lowest BCUT2D eigenvalue weighted by Gasteiger charge is -2.37. The number of hydrogen-bond donors (Lipinski definition) is 0. The fourth-order valence-corrected chi connectivity index (χ4v) is 6.41. The van der Waals surface area contributed by atoms with Crippen molar-refractivity contribution in [2.24, 2.45) is 0 Å². The first-order chi connectivity index (χ1) is 7.95. The Morgan fingerprint density at radius 2 is 2.29 bits per heavy atom. The van der Waals surface area contributed by atoms with Gasteiger partial charge in [0.25, 0.3) is 0 Å².